The third-order valence-electron chi connectivity index (χ3n) is 0.936. The molecule has 0 bridgehead atoms. The van der Waals surface area contributed by atoms with Crippen molar-refractivity contribution in [1.29, 1.82) is 0 Å². The lowest BCUT2D eigenvalue weighted by molar-refractivity contribution is 1.16. The molecule has 0 aromatic heterocycles. The maximum Gasteiger partial charge on any atom is 0.147 e. The van der Waals surface area contributed by atoms with Crippen LogP contribution >= 0.6 is 12.6 Å². The van der Waals surface area contributed by atoms with Gasteiger partial charge in [-0.1, -0.05) is 0 Å². The number of nitrogens with zero attached hydrogens (tertiary/aromatic N) is 2. The number of hydrogen-bond donors (Lipinski definition) is 1. The summed E-state index contributed by atoms with van der Waals surface area (Å²) >= 11 is 4.04. The van der Waals surface area contributed by atoms with Crippen molar-refractivity contribution in [2.75, 3.05) is 5.75 Å². The van der Waals surface area contributed by atoms with E-state index in [1.165, 1.54) is 0 Å². The maximum absolute atomic E-state index is 4.04. The minimum atomic E-state index is 0.809. The zero-order valence-electron chi connectivity index (χ0n) is 4.99. The van der Waals surface area contributed by atoms with Gasteiger partial charge in [-0.15, -0.1) is 0 Å². The lowest BCUT2D eigenvalue weighted by atomic mass is 10.4. The smallest absolute Gasteiger partial charge is 0.147 e. The highest BCUT2D eigenvalue weighted by molar-refractivity contribution is 7.80. The quantitative estimate of drug-likeness (QED) is 0.559. The third-order valence-corrected chi connectivity index (χ3v) is 1.19. The highest BCUT2D eigenvalue weighted by atomic mass is 32.1. The van der Waals surface area contributed by atoms with E-state index in [4.69, 9.17) is 0 Å². The molecule has 0 aromatic rings. The summed E-state index contributed by atoms with van der Waals surface area (Å²) in [6.45, 7) is 0. The highest BCUT2D eigenvalue weighted by Crippen LogP contribution is 2.02. The molecular formula is C6H8N2S. The van der Waals surface area contributed by atoms with Gasteiger partial charge in [-0.25, -0.2) is 9.98 Å². The van der Waals surface area contributed by atoms with Crippen molar-refractivity contribution >= 4 is 25.1 Å². The molecule has 0 N–H and O–H groups in total. The van der Waals surface area contributed by atoms with Crippen LogP contribution in [0, 0.1) is 0 Å². The van der Waals surface area contributed by atoms with E-state index in [1.54, 1.807) is 12.4 Å². The summed E-state index contributed by atoms with van der Waals surface area (Å²) in [7, 11) is 0. The van der Waals surface area contributed by atoms with Crippen molar-refractivity contribution < 1.29 is 0 Å². The highest BCUT2D eigenvalue weighted by Gasteiger charge is 1.90. The molecule has 0 aliphatic carbocycles. The standard InChI is InChI=1S/C6H8N2S/c9-5-1-2-6-7-3-4-8-6/h2-4,9H,1,5H2. The minimum absolute atomic E-state index is 0.809. The van der Waals surface area contributed by atoms with Crippen LogP contribution in [0.1, 0.15) is 6.42 Å². The van der Waals surface area contributed by atoms with Gasteiger partial charge in [0, 0.05) is 12.4 Å². The number of aliphatic imine (C=N–C) groups is 2. The molecule has 2 nitrogen and oxygen atoms in total. The molecule has 0 radical (unpaired) electrons. The van der Waals surface area contributed by atoms with Crippen LogP contribution in [0.3, 0.4) is 0 Å². The second-order valence-corrected chi connectivity index (χ2v) is 2.08. The van der Waals surface area contributed by atoms with E-state index in [1.807, 2.05) is 6.08 Å². The van der Waals surface area contributed by atoms with Crippen LogP contribution < -0.4 is 0 Å². The van der Waals surface area contributed by atoms with E-state index in [0.29, 0.717) is 0 Å². The summed E-state index contributed by atoms with van der Waals surface area (Å²) < 4.78 is 0. The van der Waals surface area contributed by atoms with Gasteiger partial charge in [-0.3, -0.25) is 0 Å². The molecule has 0 spiro atoms. The van der Waals surface area contributed by atoms with Crippen LogP contribution in [-0.4, -0.2) is 18.2 Å². The van der Waals surface area contributed by atoms with E-state index >= 15 is 0 Å². The average molecular weight is 140 g/mol. The lowest BCUT2D eigenvalue weighted by Gasteiger charge is -1.85. The Labute approximate surface area is 59.8 Å². The monoisotopic (exact) mass is 140 g/mol. The summed E-state index contributed by atoms with van der Waals surface area (Å²) in [5.41, 5.74) is 0. The molecule has 48 valence electrons. The number of allylic oxidation sites excluding steroid dienone is 1. The Hall–Kier alpha value is -0.570. The summed E-state index contributed by atoms with van der Waals surface area (Å²) in [4.78, 5) is 7.91. The first-order valence-electron chi connectivity index (χ1n) is 2.81. The Morgan fingerprint density at radius 2 is 2.11 bits per heavy atom. The molecule has 9 heavy (non-hydrogen) atoms. The molecule has 1 heterocycles. The van der Waals surface area contributed by atoms with E-state index in [2.05, 4.69) is 22.6 Å². The molecule has 1 rings (SSSR count). The summed E-state index contributed by atoms with van der Waals surface area (Å²) in [5, 5.41) is 0. The molecule has 0 unspecified atom stereocenters. The SMILES string of the molecule is SCCC=C1N=CC=N1. The first-order valence-corrected chi connectivity index (χ1v) is 3.44. The fraction of sp³-hybridized carbons (Fsp3) is 0.333. The van der Waals surface area contributed by atoms with Crippen molar-refractivity contribution in [1.82, 2.24) is 0 Å². The summed E-state index contributed by atoms with van der Waals surface area (Å²) in [5.74, 6) is 1.67. The predicted molar refractivity (Wildman–Crippen MR) is 43.5 cm³/mol. The number of hydrogen-bond acceptors (Lipinski definition) is 3. The van der Waals surface area contributed by atoms with Gasteiger partial charge < -0.3 is 0 Å². The van der Waals surface area contributed by atoms with E-state index < -0.39 is 0 Å². The first-order chi connectivity index (χ1) is 4.43. The zero-order valence-corrected chi connectivity index (χ0v) is 5.88. The van der Waals surface area contributed by atoms with Crippen LogP contribution in [0.4, 0.5) is 0 Å². The van der Waals surface area contributed by atoms with Gasteiger partial charge in [0.2, 0.25) is 0 Å². The maximum atomic E-state index is 4.04. The van der Waals surface area contributed by atoms with E-state index in [-0.39, 0.29) is 0 Å². The molecule has 0 amide bonds. The Balaban J connectivity index is 2.42. The van der Waals surface area contributed by atoms with Gasteiger partial charge in [-0.2, -0.15) is 12.6 Å². The zero-order chi connectivity index (χ0) is 6.53. The number of rotatable bonds is 2. The summed E-state index contributed by atoms with van der Waals surface area (Å²) in [6, 6.07) is 0. The van der Waals surface area contributed by atoms with E-state index in [0.717, 1.165) is 18.0 Å². The molecule has 1 aliphatic heterocycles. The van der Waals surface area contributed by atoms with Crippen molar-refractivity contribution in [3.63, 3.8) is 0 Å². The van der Waals surface area contributed by atoms with Crippen molar-refractivity contribution in [2.24, 2.45) is 9.98 Å². The van der Waals surface area contributed by atoms with Gasteiger partial charge in [0.05, 0.1) is 0 Å². The Bertz CT molecular complexity index is 156. The van der Waals surface area contributed by atoms with Gasteiger partial charge >= 0.3 is 0 Å². The van der Waals surface area contributed by atoms with Gasteiger partial charge in [-0.05, 0) is 18.2 Å². The fourth-order valence-corrected chi connectivity index (χ4v) is 0.681. The Morgan fingerprint density at radius 1 is 1.44 bits per heavy atom. The largest absolute Gasteiger partial charge is 0.236 e. The molecule has 3 heteroatoms. The topological polar surface area (TPSA) is 24.7 Å². The second kappa shape index (κ2) is 3.45. The number of thiol groups is 1. The lowest BCUT2D eigenvalue weighted by Crippen LogP contribution is -1.70. The van der Waals surface area contributed by atoms with Gasteiger partial charge in [0.15, 0.2) is 0 Å². The molecule has 0 aromatic carbocycles. The first kappa shape index (κ1) is 6.55. The Morgan fingerprint density at radius 3 is 2.67 bits per heavy atom. The summed E-state index contributed by atoms with van der Waals surface area (Å²) in [6.07, 6.45) is 6.27. The van der Waals surface area contributed by atoms with Gasteiger partial charge in [0.1, 0.15) is 5.82 Å². The molecule has 1 aliphatic rings. The van der Waals surface area contributed by atoms with Crippen LogP contribution in [0.2, 0.25) is 0 Å². The average Bonchev–Trinajstić information content (AvgIpc) is 2.34. The normalized spacial score (nSPS) is 15.0. The van der Waals surface area contributed by atoms with Gasteiger partial charge in [0.25, 0.3) is 0 Å². The van der Waals surface area contributed by atoms with E-state index in [9.17, 15) is 0 Å². The molecular weight excluding hydrogens is 132 g/mol. The van der Waals surface area contributed by atoms with Crippen LogP contribution in [-0.2, 0) is 0 Å². The molecule has 0 saturated heterocycles. The minimum Gasteiger partial charge on any atom is -0.236 e. The molecule has 0 fully saturated rings. The van der Waals surface area contributed by atoms with Crippen LogP contribution in [0.5, 0.6) is 0 Å². The molecule has 0 atom stereocenters. The Kier molecular flexibility index (Phi) is 2.51. The van der Waals surface area contributed by atoms with Crippen molar-refractivity contribution in [3.05, 3.63) is 11.9 Å². The predicted octanol–water partition coefficient (Wildman–Crippen LogP) is 1.30. The molecule has 0 saturated carbocycles. The second-order valence-electron chi connectivity index (χ2n) is 1.63. The van der Waals surface area contributed by atoms with Crippen molar-refractivity contribution in [2.45, 2.75) is 6.42 Å². The fourth-order valence-electron chi connectivity index (χ4n) is 0.552. The third kappa shape index (κ3) is 2.01. The van der Waals surface area contributed by atoms with Crippen LogP contribution in [0.25, 0.3) is 0 Å². The van der Waals surface area contributed by atoms with Crippen LogP contribution in [0.15, 0.2) is 21.9 Å². The van der Waals surface area contributed by atoms with Crippen molar-refractivity contribution in [3.8, 4) is 0 Å².